The van der Waals surface area contributed by atoms with Crippen molar-refractivity contribution in [2.75, 3.05) is 18.5 Å². The number of ether oxygens (including phenoxy) is 1. The van der Waals surface area contributed by atoms with Crippen LogP contribution in [0.25, 0.3) is 11.1 Å². The molecule has 1 atom stereocenters. The molecular formula is C26H28N4O5. The molecule has 1 unspecified atom stereocenters. The van der Waals surface area contributed by atoms with Gasteiger partial charge in [0, 0.05) is 25.1 Å². The topological polar surface area (TPSA) is 123 Å². The zero-order valence-corrected chi connectivity index (χ0v) is 19.4. The van der Waals surface area contributed by atoms with E-state index in [0.29, 0.717) is 18.7 Å². The van der Waals surface area contributed by atoms with Gasteiger partial charge in [-0.05, 0) is 34.6 Å². The molecule has 1 aromatic heterocycles. The molecule has 9 heteroatoms. The molecular weight excluding hydrogens is 448 g/mol. The fourth-order valence-electron chi connectivity index (χ4n) is 4.35. The molecule has 3 aromatic rings. The van der Waals surface area contributed by atoms with Crippen LogP contribution in [-0.4, -0.2) is 46.0 Å². The van der Waals surface area contributed by atoms with Crippen molar-refractivity contribution in [1.29, 1.82) is 0 Å². The van der Waals surface area contributed by atoms with Crippen LogP contribution in [-0.2, 0) is 20.9 Å². The van der Waals surface area contributed by atoms with Gasteiger partial charge in [0.15, 0.2) is 0 Å². The van der Waals surface area contributed by atoms with Crippen LogP contribution >= 0.6 is 0 Å². The minimum atomic E-state index is -1.01. The molecule has 1 aliphatic rings. The van der Waals surface area contributed by atoms with Gasteiger partial charge >= 0.3 is 12.1 Å². The fraction of sp³-hybridized carbons (Fsp3) is 0.308. The molecule has 35 heavy (non-hydrogen) atoms. The Labute approximate surface area is 203 Å². The van der Waals surface area contributed by atoms with E-state index in [1.54, 1.807) is 0 Å². The highest BCUT2D eigenvalue weighted by Gasteiger charge is 2.29. The number of carboxylic acids is 1. The normalized spacial score (nSPS) is 12.9. The number of rotatable bonds is 10. The summed E-state index contributed by atoms with van der Waals surface area (Å²) in [5.41, 5.74) is 5.13. The first-order chi connectivity index (χ1) is 16.9. The summed E-state index contributed by atoms with van der Waals surface area (Å²) in [4.78, 5) is 35.2. The minimum absolute atomic E-state index is 0.00984. The van der Waals surface area contributed by atoms with Crippen LogP contribution in [0.2, 0.25) is 0 Å². The van der Waals surface area contributed by atoms with Crippen LogP contribution in [0.5, 0.6) is 0 Å². The van der Waals surface area contributed by atoms with E-state index >= 15 is 0 Å². The Kier molecular flexibility index (Phi) is 7.45. The molecule has 0 saturated heterocycles. The number of carboxylic acid groups (broad SMARTS) is 1. The SMILES string of the molecule is CC(CCNC(=O)OCC1c2ccccc2-c2ccccc21)CC(=O)Nc1cnn(CC(=O)O)c1. The standard InChI is InChI=1S/C26H28N4O5/c1-17(12-24(31)29-18-13-28-30(14-18)15-25(32)33)10-11-27-26(34)35-16-23-21-8-4-2-6-19(21)20-7-3-5-9-22(20)23/h2-9,13-14,17,23H,10-12,15-16H2,1H3,(H,27,34)(H,29,31)(H,32,33). The Morgan fingerprint density at radius 3 is 2.40 bits per heavy atom. The molecule has 3 N–H and O–H groups in total. The van der Waals surface area contributed by atoms with Crippen molar-refractivity contribution < 1.29 is 24.2 Å². The second-order valence-corrected chi connectivity index (χ2v) is 8.72. The van der Waals surface area contributed by atoms with Crippen LogP contribution in [0.3, 0.4) is 0 Å². The lowest BCUT2D eigenvalue weighted by Crippen LogP contribution is -2.28. The number of nitrogens with one attached hydrogen (secondary N) is 2. The number of anilines is 1. The van der Waals surface area contributed by atoms with E-state index in [2.05, 4.69) is 40.0 Å². The van der Waals surface area contributed by atoms with Crippen molar-refractivity contribution in [3.05, 3.63) is 72.1 Å². The molecule has 0 spiro atoms. The fourth-order valence-corrected chi connectivity index (χ4v) is 4.35. The Balaban J connectivity index is 1.18. The summed E-state index contributed by atoms with van der Waals surface area (Å²) in [5, 5.41) is 18.1. The zero-order chi connectivity index (χ0) is 24.8. The Bertz CT molecular complexity index is 1180. The molecule has 2 aromatic carbocycles. The van der Waals surface area contributed by atoms with Crippen LogP contribution in [0, 0.1) is 5.92 Å². The number of fused-ring (bicyclic) bond motifs is 3. The molecule has 9 nitrogen and oxygen atoms in total. The number of amides is 2. The molecule has 0 saturated carbocycles. The number of hydrogen-bond donors (Lipinski definition) is 3. The number of nitrogens with zero attached hydrogens (tertiary/aromatic N) is 2. The van der Waals surface area contributed by atoms with Crippen LogP contribution in [0.4, 0.5) is 10.5 Å². The van der Waals surface area contributed by atoms with Crippen molar-refractivity contribution in [3.63, 3.8) is 0 Å². The summed E-state index contributed by atoms with van der Waals surface area (Å²) >= 11 is 0. The van der Waals surface area contributed by atoms with E-state index in [4.69, 9.17) is 9.84 Å². The van der Waals surface area contributed by atoms with Crippen molar-refractivity contribution in [1.82, 2.24) is 15.1 Å². The number of alkyl carbamates (subject to hydrolysis) is 1. The van der Waals surface area contributed by atoms with Gasteiger partial charge in [-0.25, -0.2) is 4.79 Å². The summed E-state index contributed by atoms with van der Waals surface area (Å²) < 4.78 is 6.77. The molecule has 2 amide bonds. The predicted octanol–water partition coefficient (Wildman–Crippen LogP) is 3.86. The van der Waals surface area contributed by atoms with Gasteiger partial charge in [0.1, 0.15) is 13.2 Å². The van der Waals surface area contributed by atoms with E-state index in [9.17, 15) is 14.4 Å². The molecule has 4 rings (SSSR count). The number of hydrogen-bond acceptors (Lipinski definition) is 5. The molecule has 0 bridgehead atoms. The Morgan fingerprint density at radius 1 is 1.09 bits per heavy atom. The lowest BCUT2D eigenvalue weighted by atomic mass is 9.98. The summed E-state index contributed by atoms with van der Waals surface area (Å²) in [5.74, 6) is -1.18. The number of carbonyl (C=O) groups is 3. The maximum absolute atomic E-state index is 12.3. The second-order valence-electron chi connectivity index (χ2n) is 8.72. The minimum Gasteiger partial charge on any atom is -0.480 e. The number of aromatic nitrogens is 2. The van der Waals surface area contributed by atoms with E-state index in [1.807, 2.05) is 31.2 Å². The van der Waals surface area contributed by atoms with Gasteiger partial charge in [-0.2, -0.15) is 5.10 Å². The molecule has 1 aliphatic carbocycles. The number of carbonyl (C=O) groups excluding carboxylic acids is 2. The van der Waals surface area contributed by atoms with E-state index in [-0.39, 0.29) is 37.3 Å². The summed E-state index contributed by atoms with van der Waals surface area (Å²) in [7, 11) is 0. The van der Waals surface area contributed by atoms with Gasteiger partial charge in [-0.15, -0.1) is 0 Å². The van der Waals surface area contributed by atoms with Crippen LogP contribution in [0.15, 0.2) is 60.9 Å². The maximum Gasteiger partial charge on any atom is 0.407 e. The smallest absolute Gasteiger partial charge is 0.407 e. The molecule has 0 aliphatic heterocycles. The zero-order valence-electron chi connectivity index (χ0n) is 19.4. The average Bonchev–Trinajstić information content (AvgIpc) is 3.38. The number of benzene rings is 2. The van der Waals surface area contributed by atoms with Crippen molar-refractivity contribution in [3.8, 4) is 11.1 Å². The summed E-state index contributed by atoms with van der Waals surface area (Å²) in [6.07, 6.45) is 3.26. The van der Waals surface area contributed by atoms with Gasteiger partial charge < -0.3 is 20.5 Å². The van der Waals surface area contributed by atoms with Crippen molar-refractivity contribution in [2.45, 2.75) is 32.2 Å². The second kappa shape index (κ2) is 10.9. The Hall–Kier alpha value is -4.14. The first kappa shape index (κ1) is 24.0. The monoisotopic (exact) mass is 476 g/mol. The van der Waals surface area contributed by atoms with E-state index in [1.165, 1.54) is 28.2 Å². The quantitative estimate of drug-likeness (QED) is 0.408. The van der Waals surface area contributed by atoms with Crippen LogP contribution in [0.1, 0.15) is 36.8 Å². The predicted molar refractivity (Wildman–Crippen MR) is 130 cm³/mol. The van der Waals surface area contributed by atoms with Crippen molar-refractivity contribution >= 4 is 23.7 Å². The highest BCUT2D eigenvalue weighted by Crippen LogP contribution is 2.44. The van der Waals surface area contributed by atoms with Gasteiger partial charge in [-0.3, -0.25) is 14.3 Å². The molecule has 1 heterocycles. The van der Waals surface area contributed by atoms with Gasteiger partial charge in [0.05, 0.1) is 11.9 Å². The maximum atomic E-state index is 12.3. The molecule has 0 fully saturated rings. The first-order valence-electron chi connectivity index (χ1n) is 11.5. The number of aliphatic carboxylic acids is 1. The van der Waals surface area contributed by atoms with Gasteiger partial charge in [-0.1, -0.05) is 55.5 Å². The average molecular weight is 477 g/mol. The third-order valence-corrected chi connectivity index (χ3v) is 6.00. The summed E-state index contributed by atoms with van der Waals surface area (Å²) in [6.45, 7) is 2.30. The first-order valence-corrected chi connectivity index (χ1v) is 11.5. The largest absolute Gasteiger partial charge is 0.480 e. The third kappa shape index (κ3) is 6.06. The van der Waals surface area contributed by atoms with Gasteiger partial charge in [0.25, 0.3) is 0 Å². The summed E-state index contributed by atoms with van der Waals surface area (Å²) in [6, 6.07) is 16.4. The van der Waals surface area contributed by atoms with Gasteiger partial charge in [0.2, 0.25) is 5.91 Å². The Morgan fingerprint density at radius 2 is 1.74 bits per heavy atom. The van der Waals surface area contributed by atoms with E-state index < -0.39 is 12.1 Å². The van der Waals surface area contributed by atoms with Crippen LogP contribution < -0.4 is 10.6 Å². The molecule has 0 radical (unpaired) electrons. The van der Waals surface area contributed by atoms with Crippen molar-refractivity contribution in [2.24, 2.45) is 5.92 Å². The third-order valence-electron chi connectivity index (χ3n) is 6.00. The lowest BCUT2D eigenvalue weighted by Gasteiger charge is -2.15. The lowest BCUT2D eigenvalue weighted by molar-refractivity contribution is -0.137. The molecule has 182 valence electrons. The highest BCUT2D eigenvalue weighted by atomic mass is 16.5. The highest BCUT2D eigenvalue weighted by molar-refractivity contribution is 5.90. The van der Waals surface area contributed by atoms with E-state index in [0.717, 1.165) is 11.1 Å².